The molecule has 1 aliphatic heterocycles. The second-order valence-electron chi connectivity index (χ2n) is 10.9. The summed E-state index contributed by atoms with van der Waals surface area (Å²) in [5.74, 6) is -1.02. The summed E-state index contributed by atoms with van der Waals surface area (Å²) in [5, 5.41) is 14.6. The van der Waals surface area contributed by atoms with Crippen molar-refractivity contribution >= 4 is 12.1 Å². The number of benzene rings is 3. The molecule has 3 aromatic rings. The minimum Gasteiger partial charge on any atom is -0.459 e. The summed E-state index contributed by atoms with van der Waals surface area (Å²) in [6, 6.07) is 27.1. The lowest BCUT2D eigenvalue weighted by atomic mass is 9.89. The molecule has 45 heavy (non-hydrogen) atoms. The Labute approximate surface area is 263 Å². The predicted octanol–water partition coefficient (Wildman–Crippen LogP) is 6.27. The number of azide groups is 1. The summed E-state index contributed by atoms with van der Waals surface area (Å²) in [5.41, 5.74) is 11.4. The lowest BCUT2D eigenvalue weighted by Gasteiger charge is -2.41. The summed E-state index contributed by atoms with van der Waals surface area (Å²) in [7, 11) is 0. The normalized spacial score (nSPS) is 20.9. The highest BCUT2D eigenvalue weighted by Gasteiger charge is 2.43. The molecule has 0 aromatic heterocycles. The van der Waals surface area contributed by atoms with Gasteiger partial charge >= 0.3 is 12.1 Å². The Kier molecular flexibility index (Phi) is 13.2. The quantitative estimate of drug-likeness (QED) is 0.0697. The van der Waals surface area contributed by atoms with Gasteiger partial charge in [-0.05, 0) is 54.0 Å². The van der Waals surface area contributed by atoms with Crippen molar-refractivity contribution in [3.8, 4) is 0 Å². The molecule has 2 unspecified atom stereocenters. The fraction of sp³-hybridized carbons (Fsp3) is 0.412. The van der Waals surface area contributed by atoms with Gasteiger partial charge in [0.15, 0.2) is 6.29 Å². The molecule has 0 spiro atoms. The summed E-state index contributed by atoms with van der Waals surface area (Å²) in [6.45, 7) is 3.00. The van der Waals surface area contributed by atoms with Crippen molar-refractivity contribution in [3.63, 3.8) is 0 Å². The van der Waals surface area contributed by atoms with Crippen LogP contribution in [0.3, 0.4) is 0 Å². The highest BCUT2D eigenvalue weighted by molar-refractivity contribution is 5.89. The van der Waals surface area contributed by atoms with E-state index in [1.54, 1.807) is 42.2 Å². The molecule has 1 N–H and O–H groups in total. The van der Waals surface area contributed by atoms with Gasteiger partial charge in [-0.2, -0.15) is 0 Å². The van der Waals surface area contributed by atoms with Gasteiger partial charge in [0.25, 0.3) is 0 Å². The zero-order valence-electron chi connectivity index (χ0n) is 25.4. The lowest BCUT2D eigenvalue weighted by molar-refractivity contribution is -0.252. The second kappa shape index (κ2) is 17.8. The van der Waals surface area contributed by atoms with Crippen LogP contribution >= 0.6 is 0 Å². The van der Waals surface area contributed by atoms with Crippen molar-refractivity contribution in [1.82, 2.24) is 4.90 Å². The Morgan fingerprint density at radius 2 is 1.56 bits per heavy atom. The van der Waals surface area contributed by atoms with Crippen molar-refractivity contribution in [2.75, 3.05) is 19.8 Å². The van der Waals surface area contributed by atoms with Crippen LogP contribution in [0.4, 0.5) is 4.79 Å². The molecule has 4 rings (SSSR count). The molecule has 1 saturated heterocycles. The summed E-state index contributed by atoms with van der Waals surface area (Å²) in [6.07, 6.45) is -1.04. The standard InChI is InChI=1S/C34H40N4O7/c1-25-30(36-37-35)33(45-29(31(25)39)24-43-32(40)28-18-10-4-11-19-28)42-21-13-5-12-20-38(22-26-14-6-2-7-15-26)34(41)44-23-27-16-8-3-9-17-27/h2-4,6-11,14-19,25,29-31,33,39H,5,12-13,20-24H2,1H3/t25-,29?,30?,31+,33+/m1/s1. The van der Waals surface area contributed by atoms with Crippen LogP contribution < -0.4 is 0 Å². The number of nitrogens with zero attached hydrogens (tertiary/aromatic N) is 4. The van der Waals surface area contributed by atoms with Crippen LogP contribution in [-0.4, -0.2) is 66.4 Å². The predicted molar refractivity (Wildman–Crippen MR) is 167 cm³/mol. The SMILES string of the molecule is C[C@@H]1C(N=[N+]=[N-])[C@@H](OCCCCCN(Cc2ccccc2)C(=O)OCc2ccccc2)OC(COC(=O)c2ccccc2)[C@H]1O. The molecule has 5 atom stereocenters. The highest BCUT2D eigenvalue weighted by atomic mass is 16.7. The van der Waals surface area contributed by atoms with E-state index in [0.717, 1.165) is 24.0 Å². The second-order valence-corrected chi connectivity index (χ2v) is 10.9. The fourth-order valence-corrected chi connectivity index (χ4v) is 5.06. The molecule has 1 amide bonds. The number of unbranched alkanes of at least 4 members (excludes halogenated alkanes) is 2. The largest absolute Gasteiger partial charge is 0.459 e. The minimum atomic E-state index is -1.03. The zero-order chi connectivity index (χ0) is 31.9. The van der Waals surface area contributed by atoms with Crippen molar-refractivity contribution in [3.05, 3.63) is 118 Å². The van der Waals surface area contributed by atoms with Gasteiger partial charge in [0, 0.05) is 24.6 Å². The van der Waals surface area contributed by atoms with Crippen LogP contribution in [-0.2, 0) is 32.1 Å². The number of aliphatic hydroxyl groups is 1. The maximum Gasteiger partial charge on any atom is 0.410 e. The number of esters is 1. The first-order valence-corrected chi connectivity index (χ1v) is 15.2. The zero-order valence-corrected chi connectivity index (χ0v) is 25.4. The monoisotopic (exact) mass is 616 g/mol. The summed E-state index contributed by atoms with van der Waals surface area (Å²) in [4.78, 5) is 30.0. The molecule has 11 heteroatoms. The number of carbonyl (C=O) groups excluding carboxylic acids is 2. The number of aliphatic hydroxyl groups excluding tert-OH is 1. The van der Waals surface area contributed by atoms with Gasteiger partial charge in [0.05, 0.1) is 17.7 Å². The van der Waals surface area contributed by atoms with E-state index in [2.05, 4.69) is 10.0 Å². The van der Waals surface area contributed by atoms with Crippen LogP contribution in [0.5, 0.6) is 0 Å². The molecule has 1 fully saturated rings. The van der Waals surface area contributed by atoms with E-state index in [1.165, 1.54) is 0 Å². The number of ether oxygens (including phenoxy) is 4. The Morgan fingerprint density at radius 1 is 0.911 bits per heavy atom. The number of rotatable bonds is 15. The molecule has 0 radical (unpaired) electrons. The molecule has 11 nitrogen and oxygen atoms in total. The Hall–Kier alpha value is -4.41. The summed E-state index contributed by atoms with van der Waals surface area (Å²) >= 11 is 0. The van der Waals surface area contributed by atoms with Gasteiger partial charge in [-0.25, -0.2) is 9.59 Å². The smallest absolute Gasteiger partial charge is 0.410 e. The van der Waals surface area contributed by atoms with Gasteiger partial charge in [0.1, 0.15) is 19.3 Å². The van der Waals surface area contributed by atoms with Gasteiger partial charge in [-0.3, -0.25) is 0 Å². The van der Waals surface area contributed by atoms with E-state index in [9.17, 15) is 14.7 Å². The van der Waals surface area contributed by atoms with Crippen LogP contribution in [0.25, 0.3) is 10.4 Å². The fourth-order valence-electron chi connectivity index (χ4n) is 5.06. The third-order valence-corrected chi connectivity index (χ3v) is 7.65. The lowest BCUT2D eigenvalue weighted by Crippen LogP contribution is -2.54. The van der Waals surface area contributed by atoms with Gasteiger partial charge in [-0.1, -0.05) is 90.9 Å². The van der Waals surface area contributed by atoms with Gasteiger partial charge in [0.2, 0.25) is 0 Å². The first-order valence-electron chi connectivity index (χ1n) is 15.2. The number of amides is 1. The molecule has 238 valence electrons. The van der Waals surface area contributed by atoms with E-state index in [1.807, 2.05) is 60.7 Å². The molecule has 0 saturated carbocycles. The highest BCUT2D eigenvalue weighted by Crippen LogP contribution is 2.30. The van der Waals surface area contributed by atoms with Crippen LogP contribution in [0, 0.1) is 5.92 Å². The van der Waals surface area contributed by atoms with Crippen LogP contribution in [0.2, 0.25) is 0 Å². The summed E-state index contributed by atoms with van der Waals surface area (Å²) < 4.78 is 22.9. The molecule has 0 bridgehead atoms. The number of carbonyl (C=O) groups is 2. The topological polar surface area (TPSA) is 143 Å². The Balaban J connectivity index is 1.25. The molecule has 1 aliphatic rings. The van der Waals surface area contributed by atoms with E-state index >= 15 is 0 Å². The van der Waals surface area contributed by atoms with Crippen LogP contribution in [0.15, 0.2) is 96.1 Å². The Morgan fingerprint density at radius 3 is 2.22 bits per heavy atom. The first kappa shape index (κ1) is 33.5. The molecular weight excluding hydrogens is 576 g/mol. The third kappa shape index (κ3) is 10.3. The third-order valence-electron chi connectivity index (χ3n) is 7.65. The van der Waals surface area contributed by atoms with Crippen molar-refractivity contribution in [1.29, 1.82) is 0 Å². The van der Waals surface area contributed by atoms with Gasteiger partial charge < -0.3 is 29.0 Å². The van der Waals surface area contributed by atoms with Gasteiger partial charge in [-0.15, -0.1) is 0 Å². The molecular formula is C34H40N4O7. The molecule has 0 aliphatic carbocycles. The molecule has 3 aromatic carbocycles. The van der Waals surface area contributed by atoms with Crippen molar-refractivity contribution in [2.45, 2.75) is 63.9 Å². The van der Waals surface area contributed by atoms with E-state index in [-0.39, 0.29) is 19.3 Å². The average Bonchev–Trinajstić information content (AvgIpc) is 3.08. The Bertz CT molecular complexity index is 1370. The average molecular weight is 617 g/mol. The number of hydrogen-bond acceptors (Lipinski definition) is 8. The first-order chi connectivity index (χ1) is 22.0. The van der Waals surface area contributed by atoms with E-state index < -0.39 is 36.4 Å². The maximum atomic E-state index is 13.0. The van der Waals surface area contributed by atoms with E-state index in [0.29, 0.717) is 31.7 Å². The van der Waals surface area contributed by atoms with Crippen molar-refractivity contribution < 1.29 is 33.6 Å². The number of hydrogen-bond donors (Lipinski definition) is 1. The van der Waals surface area contributed by atoms with Crippen molar-refractivity contribution in [2.24, 2.45) is 11.0 Å². The maximum absolute atomic E-state index is 13.0. The van der Waals surface area contributed by atoms with E-state index in [4.69, 9.17) is 24.5 Å². The van der Waals surface area contributed by atoms with Crippen LogP contribution in [0.1, 0.15) is 47.7 Å². The minimum absolute atomic E-state index is 0.181. The molecule has 1 heterocycles.